The fraction of sp³-hybridized carbons (Fsp3) is 0.0714. The Balaban J connectivity index is 2.38. The molecular weight excluding hydrogens is 228 g/mol. The molecule has 0 spiro atoms. The average molecular weight is 242 g/mol. The van der Waals surface area contributed by atoms with Crippen molar-refractivity contribution in [2.45, 2.75) is 0 Å². The first-order valence-electron chi connectivity index (χ1n) is 5.50. The Morgan fingerprint density at radius 1 is 1.33 bits per heavy atom. The SMILES string of the molecule is COc1cccc(-n2cccc2/C=C/C(N)=O)c1. The smallest absolute Gasteiger partial charge is 0.241 e. The van der Waals surface area contributed by atoms with Gasteiger partial charge in [0.05, 0.1) is 7.11 Å². The van der Waals surface area contributed by atoms with E-state index in [1.54, 1.807) is 13.2 Å². The van der Waals surface area contributed by atoms with E-state index in [0.29, 0.717) is 0 Å². The maximum atomic E-state index is 10.7. The third-order valence-electron chi connectivity index (χ3n) is 2.53. The van der Waals surface area contributed by atoms with E-state index in [1.165, 1.54) is 6.08 Å². The van der Waals surface area contributed by atoms with Crippen molar-refractivity contribution in [3.63, 3.8) is 0 Å². The van der Waals surface area contributed by atoms with Gasteiger partial charge in [0.25, 0.3) is 0 Å². The van der Waals surface area contributed by atoms with E-state index in [2.05, 4.69) is 0 Å². The van der Waals surface area contributed by atoms with Crippen molar-refractivity contribution < 1.29 is 9.53 Å². The van der Waals surface area contributed by atoms with Crippen molar-refractivity contribution in [3.8, 4) is 11.4 Å². The molecule has 18 heavy (non-hydrogen) atoms. The van der Waals surface area contributed by atoms with Crippen LogP contribution in [0.5, 0.6) is 5.75 Å². The zero-order valence-corrected chi connectivity index (χ0v) is 10.0. The summed E-state index contributed by atoms with van der Waals surface area (Å²) in [6, 6.07) is 11.5. The van der Waals surface area contributed by atoms with Gasteiger partial charge in [0, 0.05) is 29.7 Å². The molecule has 2 rings (SSSR count). The fourth-order valence-electron chi connectivity index (χ4n) is 1.69. The van der Waals surface area contributed by atoms with Gasteiger partial charge in [-0.15, -0.1) is 0 Å². The summed E-state index contributed by atoms with van der Waals surface area (Å²) in [5, 5.41) is 0. The number of primary amides is 1. The Kier molecular flexibility index (Phi) is 3.48. The van der Waals surface area contributed by atoms with E-state index in [9.17, 15) is 4.79 Å². The standard InChI is InChI=1S/C14H14N2O2/c1-18-13-6-2-4-12(10-13)16-9-3-5-11(16)7-8-14(15)17/h2-10H,1H3,(H2,15,17)/b8-7+. The summed E-state index contributed by atoms with van der Waals surface area (Å²) in [5.41, 5.74) is 6.93. The van der Waals surface area contributed by atoms with Crippen molar-refractivity contribution in [1.82, 2.24) is 4.57 Å². The van der Waals surface area contributed by atoms with Crippen molar-refractivity contribution in [2.24, 2.45) is 5.73 Å². The molecule has 0 aliphatic heterocycles. The van der Waals surface area contributed by atoms with Gasteiger partial charge >= 0.3 is 0 Å². The molecule has 1 aromatic heterocycles. The average Bonchev–Trinajstić information content (AvgIpc) is 2.84. The zero-order chi connectivity index (χ0) is 13.0. The molecule has 0 unspecified atom stereocenters. The minimum absolute atomic E-state index is 0.464. The topological polar surface area (TPSA) is 57.2 Å². The summed E-state index contributed by atoms with van der Waals surface area (Å²) in [6.45, 7) is 0. The highest BCUT2D eigenvalue weighted by molar-refractivity contribution is 5.90. The van der Waals surface area contributed by atoms with E-state index in [0.717, 1.165) is 17.1 Å². The van der Waals surface area contributed by atoms with E-state index >= 15 is 0 Å². The molecule has 1 heterocycles. The van der Waals surface area contributed by atoms with Gasteiger partial charge in [-0.1, -0.05) is 6.07 Å². The Morgan fingerprint density at radius 3 is 2.89 bits per heavy atom. The van der Waals surface area contributed by atoms with Gasteiger partial charge in [-0.2, -0.15) is 0 Å². The Hall–Kier alpha value is -2.49. The van der Waals surface area contributed by atoms with Gasteiger partial charge in [-0.25, -0.2) is 0 Å². The second-order valence-electron chi connectivity index (χ2n) is 3.74. The lowest BCUT2D eigenvalue weighted by Crippen LogP contribution is -2.05. The van der Waals surface area contributed by atoms with E-state index in [4.69, 9.17) is 10.5 Å². The molecule has 0 radical (unpaired) electrons. The van der Waals surface area contributed by atoms with Gasteiger partial charge in [-0.3, -0.25) is 4.79 Å². The molecule has 92 valence electrons. The number of methoxy groups -OCH3 is 1. The summed E-state index contributed by atoms with van der Waals surface area (Å²) in [7, 11) is 1.63. The Morgan fingerprint density at radius 2 is 2.17 bits per heavy atom. The first-order valence-corrected chi connectivity index (χ1v) is 5.50. The first-order chi connectivity index (χ1) is 8.70. The van der Waals surface area contributed by atoms with Crippen LogP contribution in [0.25, 0.3) is 11.8 Å². The molecule has 0 aliphatic carbocycles. The molecule has 1 aromatic carbocycles. The molecule has 4 nitrogen and oxygen atoms in total. The van der Waals surface area contributed by atoms with Crippen LogP contribution in [0.2, 0.25) is 0 Å². The molecular formula is C14H14N2O2. The largest absolute Gasteiger partial charge is 0.497 e. The van der Waals surface area contributed by atoms with Gasteiger partial charge < -0.3 is 15.0 Å². The summed E-state index contributed by atoms with van der Waals surface area (Å²) in [6.07, 6.45) is 4.93. The lowest BCUT2D eigenvalue weighted by atomic mass is 10.3. The summed E-state index contributed by atoms with van der Waals surface area (Å²) in [5.74, 6) is 0.319. The molecule has 0 atom stereocenters. The molecule has 2 N–H and O–H groups in total. The number of carbonyl (C=O) groups excluding carboxylic acids is 1. The highest BCUT2D eigenvalue weighted by Crippen LogP contribution is 2.19. The van der Waals surface area contributed by atoms with Crippen LogP contribution in [-0.4, -0.2) is 17.6 Å². The van der Waals surface area contributed by atoms with Gasteiger partial charge in [0.2, 0.25) is 5.91 Å². The third kappa shape index (κ3) is 2.60. The number of nitrogens with two attached hydrogens (primary N) is 1. The molecule has 4 heteroatoms. The molecule has 0 saturated heterocycles. The van der Waals surface area contributed by atoms with Gasteiger partial charge in [0.15, 0.2) is 0 Å². The number of amides is 1. The molecule has 0 bridgehead atoms. The molecule has 0 aliphatic rings. The number of carbonyl (C=O) groups is 1. The quantitative estimate of drug-likeness (QED) is 0.833. The van der Waals surface area contributed by atoms with Crippen molar-refractivity contribution in [1.29, 1.82) is 0 Å². The predicted molar refractivity (Wildman–Crippen MR) is 70.5 cm³/mol. The van der Waals surface area contributed by atoms with E-state index in [-0.39, 0.29) is 0 Å². The van der Waals surface area contributed by atoms with Crippen LogP contribution in [0.1, 0.15) is 5.69 Å². The molecule has 0 fully saturated rings. The highest BCUT2D eigenvalue weighted by Gasteiger charge is 2.02. The van der Waals surface area contributed by atoms with Crippen LogP contribution in [0.15, 0.2) is 48.7 Å². The minimum atomic E-state index is -0.464. The van der Waals surface area contributed by atoms with E-state index < -0.39 is 5.91 Å². The number of hydrogen-bond donors (Lipinski definition) is 1. The Bertz CT molecular complexity index is 585. The molecule has 2 aromatic rings. The number of rotatable bonds is 4. The zero-order valence-electron chi connectivity index (χ0n) is 10.0. The summed E-state index contributed by atoms with van der Waals surface area (Å²) < 4.78 is 7.13. The van der Waals surface area contributed by atoms with Crippen molar-refractivity contribution in [2.75, 3.05) is 7.11 Å². The summed E-state index contributed by atoms with van der Waals surface area (Å²) in [4.78, 5) is 10.7. The van der Waals surface area contributed by atoms with Gasteiger partial charge in [0.1, 0.15) is 5.75 Å². The Labute approximate surface area is 105 Å². The minimum Gasteiger partial charge on any atom is -0.497 e. The first kappa shape index (κ1) is 12.0. The van der Waals surface area contributed by atoms with E-state index in [1.807, 2.05) is 47.2 Å². The fourth-order valence-corrected chi connectivity index (χ4v) is 1.69. The maximum Gasteiger partial charge on any atom is 0.241 e. The third-order valence-corrected chi connectivity index (χ3v) is 2.53. The lowest BCUT2D eigenvalue weighted by Gasteiger charge is -2.08. The van der Waals surface area contributed by atoms with Crippen molar-refractivity contribution >= 4 is 12.0 Å². The summed E-state index contributed by atoms with van der Waals surface area (Å²) >= 11 is 0. The molecule has 1 amide bonds. The normalized spacial score (nSPS) is 10.7. The van der Waals surface area contributed by atoms with Crippen LogP contribution in [0, 0.1) is 0 Å². The number of nitrogens with zero attached hydrogens (tertiary/aromatic N) is 1. The van der Waals surface area contributed by atoms with Crippen LogP contribution >= 0.6 is 0 Å². The maximum absolute atomic E-state index is 10.7. The van der Waals surface area contributed by atoms with Crippen LogP contribution in [0.3, 0.4) is 0 Å². The second-order valence-corrected chi connectivity index (χ2v) is 3.74. The van der Waals surface area contributed by atoms with Crippen LogP contribution in [0.4, 0.5) is 0 Å². The van der Waals surface area contributed by atoms with Crippen molar-refractivity contribution in [3.05, 3.63) is 54.4 Å². The number of ether oxygens (including phenoxy) is 1. The molecule has 0 saturated carbocycles. The number of benzene rings is 1. The second kappa shape index (κ2) is 5.23. The predicted octanol–water partition coefficient (Wildman–Crippen LogP) is 1.98. The number of hydrogen-bond acceptors (Lipinski definition) is 2. The van der Waals surface area contributed by atoms with Crippen LogP contribution < -0.4 is 10.5 Å². The van der Waals surface area contributed by atoms with Gasteiger partial charge in [-0.05, 0) is 30.3 Å². The van der Waals surface area contributed by atoms with Crippen LogP contribution in [-0.2, 0) is 4.79 Å². The lowest BCUT2D eigenvalue weighted by molar-refractivity contribution is -0.113. The number of aromatic nitrogens is 1. The highest BCUT2D eigenvalue weighted by atomic mass is 16.5. The monoisotopic (exact) mass is 242 g/mol.